The molecule has 1 amide bonds. The van der Waals surface area contributed by atoms with Gasteiger partial charge in [0.1, 0.15) is 0 Å². The summed E-state index contributed by atoms with van der Waals surface area (Å²) in [5.74, 6) is -1.20. The van der Waals surface area contributed by atoms with Crippen LogP contribution in [0.25, 0.3) is 0 Å². The maximum Gasteiger partial charge on any atom is 0.307 e. The third-order valence-corrected chi connectivity index (χ3v) is 3.60. The minimum atomic E-state index is -0.816. The Hall–Kier alpha value is -1.10. The molecule has 0 rings (SSSR count). The third-order valence-electron chi connectivity index (χ3n) is 3.60. The molecule has 0 saturated carbocycles. The predicted octanol–water partition coefficient (Wildman–Crippen LogP) is 1.68. The normalized spacial score (nSPS) is 14.2. The fourth-order valence-corrected chi connectivity index (χ4v) is 1.94. The number of nitrogens with zero attached hydrogens (tertiary/aromatic N) is 2. The largest absolute Gasteiger partial charge is 0.481 e. The molecule has 0 bridgehead atoms. The molecular weight excluding hydrogens is 244 g/mol. The summed E-state index contributed by atoms with van der Waals surface area (Å²) in [5, 5.41) is 9.00. The van der Waals surface area contributed by atoms with E-state index in [-0.39, 0.29) is 11.9 Å². The monoisotopic (exact) mass is 272 g/mol. The molecule has 1 N–H and O–H groups in total. The Morgan fingerprint density at radius 3 is 2.00 bits per heavy atom. The highest BCUT2D eigenvalue weighted by Gasteiger charge is 2.23. The molecule has 112 valence electrons. The van der Waals surface area contributed by atoms with Crippen LogP contribution in [-0.4, -0.2) is 59.0 Å². The van der Waals surface area contributed by atoms with E-state index in [1.165, 1.54) is 0 Å². The highest BCUT2D eigenvalue weighted by atomic mass is 16.4. The van der Waals surface area contributed by atoms with Gasteiger partial charge in [-0.3, -0.25) is 14.5 Å². The van der Waals surface area contributed by atoms with Crippen LogP contribution in [-0.2, 0) is 9.59 Å². The molecule has 0 saturated heterocycles. The minimum Gasteiger partial charge on any atom is -0.481 e. The number of amides is 1. The summed E-state index contributed by atoms with van der Waals surface area (Å²) in [7, 11) is 0. The van der Waals surface area contributed by atoms with Gasteiger partial charge in [0, 0.05) is 25.7 Å². The lowest BCUT2D eigenvalue weighted by Gasteiger charge is -2.31. The van der Waals surface area contributed by atoms with Crippen LogP contribution >= 0.6 is 0 Å². The Morgan fingerprint density at radius 1 is 1.11 bits per heavy atom. The lowest BCUT2D eigenvalue weighted by Crippen LogP contribution is -2.46. The molecule has 0 aromatic heterocycles. The molecule has 0 aromatic rings. The van der Waals surface area contributed by atoms with Gasteiger partial charge < -0.3 is 10.0 Å². The Bertz CT molecular complexity index is 290. The average Bonchev–Trinajstić information content (AvgIpc) is 2.38. The molecule has 19 heavy (non-hydrogen) atoms. The average molecular weight is 272 g/mol. The Balaban J connectivity index is 4.68. The van der Waals surface area contributed by atoms with Crippen LogP contribution in [0.1, 0.15) is 41.0 Å². The van der Waals surface area contributed by atoms with Gasteiger partial charge in [-0.05, 0) is 27.2 Å². The van der Waals surface area contributed by atoms with Crippen molar-refractivity contribution >= 4 is 11.9 Å². The fourth-order valence-electron chi connectivity index (χ4n) is 1.94. The Labute approximate surface area is 116 Å². The summed E-state index contributed by atoms with van der Waals surface area (Å²) >= 11 is 0. The molecule has 5 heteroatoms. The second-order valence-corrected chi connectivity index (χ2v) is 4.99. The number of rotatable bonds is 9. The van der Waals surface area contributed by atoms with Crippen LogP contribution in [0.15, 0.2) is 0 Å². The van der Waals surface area contributed by atoms with E-state index in [4.69, 9.17) is 5.11 Å². The molecule has 0 aliphatic rings. The predicted molar refractivity (Wildman–Crippen MR) is 76.1 cm³/mol. The van der Waals surface area contributed by atoms with Crippen molar-refractivity contribution < 1.29 is 14.7 Å². The van der Waals surface area contributed by atoms with Gasteiger partial charge in [-0.1, -0.05) is 13.8 Å². The Kier molecular flexibility index (Phi) is 8.39. The second-order valence-electron chi connectivity index (χ2n) is 4.99. The zero-order valence-electron chi connectivity index (χ0n) is 12.8. The van der Waals surface area contributed by atoms with Gasteiger partial charge in [0.15, 0.2) is 0 Å². The van der Waals surface area contributed by atoms with E-state index in [2.05, 4.69) is 0 Å². The zero-order chi connectivity index (χ0) is 15.0. The summed E-state index contributed by atoms with van der Waals surface area (Å²) in [4.78, 5) is 26.8. The maximum absolute atomic E-state index is 12.1. The lowest BCUT2D eigenvalue weighted by atomic mass is 10.1. The molecule has 0 spiro atoms. The molecule has 0 radical (unpaired) electrons. The van der Waals surface area contributed by atoms with Crippen molar-refractivity contribution in [1.82, 2.24) is 9.80 Å². The number of hydrogen-bond donors (Lipinski definition) is 1. The molecule has 0 aliphatic carbocycles. The number of aliphatic carboxylic acids is 1. The first-order chi connectivity index (χ1) is 8.87. The van der Waals surface area contributed by atoms with E-state index >= 15 is 0 Å². The van der Waals surface area contributed by atoms with Crippen molar-refractivity contribution in [3.8, 4) is 0 Å². The first kappa shape index (κ1) is 17.9. The van der Waals surface area contributed by atoms with Gasteiger partial charge in [-0.25, -0.2) is 0 Å². The van der Waals surface area contributed by atoms with Crippen molar-refractivity contribution in [3.05, 3.63) is 0 Å². The smallest absolute Gasteiger partial charge is 0.307 e. The molecule has 5 nitrogen and oxygen atoms in total. The minimum absolute atomic E-state index is 0.0721. The number of carbonyl (C=O) groups excluding carboxylic acids is 1. The van der Waals surface area contributed by atoms with Crippen molar-refractivity contribution in [2.24, 2.45) is 5.92 Å². The quantitative estimate of drug-likeness (QED) is 0.693. The van der Waals surface area contributed by atoms with Gasteiger partial charge in [0.25, 0.3) is 0 Å². The Morgan fingerprint density at radius 2 is 1.63 bits per heavy atom. The summed E-state index contributed by atoms with van der Waals surface area (Å²) in [6.07, 6.45) is 0.901. The van der Waals surface area contributed by atoms with Crippen molar-refractivity contribution in [3.63, 3.8) is 0 Å². The number of carboxylic acids is 1. The maximum atomic E-state index is 12.1. The van der Waals surface area contributed by atoms with Gasteiger partial charge >= 0.3 is 5.97 Å². The SMILES string of the molecule is CCC(C)N(CC(=O)N(CC)CC)CC(C)C(=O)O. The molecule has 2 unspecified atom stereocenters. The van der Waals surface area contributed by atoms with Crippen molar-refractivity contribution in [2.75, 3.05) is 26.2 Å². The zero-order valence-corrected chi connectivity index (χ0v) is 12.8. The number of hydrogen-bond acceptors (Lipinski definition) is 3. The highest BCUT2D eigenvalue weighted by molar-refractivity contribution is 5.78. The first-order valence-electron chi connectivity index (χ1n) is 7.11. The van der Waals surface area contributed by atoms with Gasteiger partial charge in [-0.2, -0.15) is 0 Å². The van der Waals surface area contributed by atoms with Crippen LogP contribution in [0.3, 0.4) is 0 Å². The second kappa shape index (κ2) is 8.91. The molecule has 0 heterocycles. The van der Waals surface area contributed by atoms with Crippen molar-refractivity contribution in [1.29, 1.82) is 0 Å². The van der Waals surface area contributed by atoms with Crippen LogP contribution in [0.2, 0.25) is 0 Å². The van der Waals surface area contributed by atoms with Gasteiger partial charge in [0.2, 0.25) is 5.91 Å². The van der Waals surface area contributed by atoms with Crippen LogP contribution in [0, 0.1) is 5.92 Å². The van der Waals surface area contributed by atoms with E-state index in [0.29, 0.717) is 26.2 Å². The summed E-state index contributed by atoms with van der Waals surface area (Å²) < 4.78 is 0. The molecular formula is C14H28N2O3. The number of carboxylic acid groups (broad SMARTS) is 1. The van der Waals surface area contributed by atoms with Gasteiger partial charge in [-0.15, -0.1) is 0 Å². The van der Waals surface area contributed by atoms with E-state index in [0.717, 1.165) is 6.42 Å². The molecule has 0 aromatic carbocycles. The summed E-state index contributed by atoms with van der Waals surface area (Å²) in [6.45, 7) is 11.8. The van der Waals surface area contributed by atoms with Crippen LogP contribution in [0.4, 0.5) is 0 Å². The molecule has 0 fully saturated rings. The summed E-state index contributed by atoms with van der Waals surface area (Å²) in [5.41, 5.74) is 0. The summed E-state index contributed by atoms with van der Waals surface area (Å²) in [6, 6.07) is 0.210. The van der Waals surface area contributed by atoms with E-state index in [9.17, 15) is 9.59 Å². The van der Waals surface area contributed by atoms with E-state index < -0.39 is 11.9 Å². The lowest BCUT2D eigenvalue weighted by molar-refractivity contribution is -0.143. The van der Waals surface area contributed by atoms with E-state index in [1.54, 1.807) is 11.8 Å². The molecule has 0 aliphatic heterocycles. The first-order valence-corrected chi connectivity index (χ1v) is 7.11. The third kappa shape index (κ3) is 6.05. The topological polar surface area (TPSA) is 60.9 Å². The van der Waals surface area contributed by atoms with E-state index in [1.807, 2.05) is 32.6 Å². The molecule has 2 atom stereocenters. The number of carbonyl (C=O) groups is 2. The van der Waals surface area contributed by atoms with Crippen LogP contribution < -0.4 is 0 Å². The number of likely N-dealkylation sites (N-methyl/N-ethyl adjacent to an activating group) is 1. The fraction of sp³-hybridized carbons (Fsp3) is 0.857. The van der Waals surface area contributed by atoms with Crippen molar-refractivity contribution in [2.45, 2.75) is 47.1 Å². The van der Waals surface area contributed by atoms with Gasteiger partial charge in [0.05, 0.1) is 12.5 Å². The standard InChI is InChI=1S/C14H28N2O3/c1-6-12(5)16(9-11(4)14(18)19)10-13(17)15(7-2)8-3/h11-12H,6-10H2,1-5H3,(H,18,19). The highest BCUT2D eigenvalue weighted by Crippen LogP contribution is 2.09. The van der Waals surface area contributed by atoms with Crippen LogP contribution in [0.5, 0.6) is 0 Å².